The molecular weight excluding hydrogens is 428 g/mol. The summed E-state index contributed by atoms with van der Waals surface area (Å²) in [5, 5.41) is 2.73. The molecule has 0 unspecified atom stereocenters. The fraction of sp³-hybridized carbons (Fsp3) is 0.417. The molecule has 7 nitrogen and oxygen atoms in total. The maximum atomic E-state index is 13.0. The van der Waals surface area contributed by atoms with E-state index in [4.69, 9.17) is 4.74 Å². The molecule has 0 spiro atoms. The molecule has 2 aromatic rings. The molecule has 0 radical (unpaired) electrons. The molecule has 1 N–H and O–H groups in total. The van der Waals surface area contributed by atoms with E-state index >= 15 is 0 Å². The maximum absolute atomic E-state index is 13.0. The zero-order chi connectivity index (χ0) is 23.5. The van der Waals surface area contributed by atoms with Gasteiger partial charge in [-0.3, -0.25) is 4.79 Å². The minimum Gasteiger partial charge on any atom is -0.452 e. The van der Waals surface area contributed by atoms with Gasteiger partial charge in [0.1, 0.15) is 0 Å². The summed E-state index contributed by atoms with van der Waals surface area (Å²) in [5.74, 6) is -0.528. The van der Waals surface area contributed by atoms with Crippen LogP contribution in [0.25, 0.3) is 0 Å². The summed E-state index contributed by atoms with van der Waals surface area (Å²) in [4.78, 5) is 24.6. The Kier molecular flexibility index (Phi) is 7.36. The molecule has 8 heteroatoms. The van der Waals surface area contributed by atoms with Gasteiger partial charge in [0.2, 0.25) is 10.0 Å². The Bertz CT molecular complexity index is 1090. The number of nitrogens with zero attached hydrogens (tertiary/aromatic N) is 1. The summed E-state index contributed by atoms with van der Waals surface area (Å²) in [5.41, 5.74) is 2.84. The van der Waals surface area contributed by atoms with Gasteiger partial charge in [-0.15, -0.1) is 0 Å². The van der Waals surface area contributed by atoms with Gasteiger partial charge in [-0.25, -0.2) is 13.2 Å². The van der Waals surface area contributed by atoms with Crippen LogP contribution >= 0.6 is 0 Å². The molecule has 1 heterocycles. The van der Waals surface area contributed by atoms with Gasteiger partial charge in [0.15, 0.2) is 6.61 Å². The highest BCUT2D eigenvalue weighted by atomic mass is 32.2. The molecule has 1 fully saturated rings. The summed E-state index contributed by atoms with van der Waals surface area (Å²) in [6, 6.07) is 11.2. The first kappa shape index (κ1) is 23.9. The van der Waals surface area contributed by atoms with Crippen molar-refractivity contribution in [2.75, 3.05) is 25.0 Å². The first-order chi connectivity index (χ1) is 15.1. The Morgan fingerprint density at radius 2 is 1.66 bits per heavy atom. The van der Waals surface area contributed by atoms with E-state index in [0.29, 0.717) is 30.6 Å². The second kappa shape index (κ2) is 9.83. The third-order valence-corrected chi connectivity index (χ3v) is 7.62. The SMILES string of the molecule is Cc1cccc(NC(=O)COC(=O)c2ccc(S(=O)(=O)N3C[C@H](C)C[C@H](C)C3)cc2)c1C. The number of nitrogens with one attached hydrogen (secondary N) is 1. The molecule has 0 bridgehead atoms. The summed E-state index contributed by atoms with van der Waals surface area (Å²) in [6.07, 6.45) is 1.01. The van der Waals surface area contributed by atoms with Gasteiger partial charge in [-0.2, -0.15) is 4.31 Å². The zero-order valence-electron chi connectivity index (χ0n) is 18.9. The Morgan fingerprint density at radius 3 is 2.28 bits per heavy atom. The van der Waals surface area contributed by atoms with Crippen LogP contribution in [0.5, 0.6) is 0 Å². The quantitative estimate of drug-likeness (QED) is 0.666. The fourth-order valence-electron chi connectivity index (χ4n) is 4.00. The molecule has 0 aliphatic carbocycles. The van der Waals surface area contributed by atoms with E-state index < -0.39 is 28.5 Å². The summed E-state index contributed by atoms with van der Waals surface area (Å²) >= 11 is 0. The van der Waals surface area contributed by atoms with Crippen molar-refractivity contribution < 1.29 is 22.7 Å². The number of aryl methyl sites for hydroxylation is 1. The highest BCUT2D eigenvalue weighted by Gasteiger charge is 2.31. The number of ether oxygens (including phenoxy) is 1. The van der Waals surface area contributed by atoms with Gasteiger partial charge in [0.05, 0.1) is 10.5 Å². The van der Waals surface area contributed by atoms with Gasteiger partial charge >= 0.3 is 5.97 Å². The van der Waals surface area contributed by atoms with E-state index in [1.807, 2.05) is 39.8 Å². The molecule has 1 saturated heterocycles. The molecule has 1 amide bonds. The number of rotatable bonds is 6. The van der Waals surface area contributed by atoms with Gasteiger partial charge < -0.3 is 10.1 Å². The number of sulfonamides is 1. The van der Waals surface area contributed by atoms with E-state index in [9.17, 15) is 18.0 Å². The Hall–Kier alpha value is -2.71. The number of anilines is 1. The third kappa shape index (κ3) is 5.55. The van der Waals surface area contributed by atoms with Crippen LogP contribution in [0.3, 0.4) is 0 Å². The molecule has 3 rings (SSSR count). The van der Waals surface area contributed by atoms with Crippen LogP contribution in [-0.4, -0.2) is 44.3 Å². The predicted molar refractivity (Wildman–Crippen MR) is 123 cm³/mol. The lowest BCUT2D eigenvalue weighted by Gasteiger charge is -2.34. The maximum Gasteiger partial charge on any atom is 0.338 e. The van der Waals surface area contributed by atoms with Crippen molar-refractivity contribution >= 4 is 27.6 Å². The van der Waals surface area contributed by atoms with Crippen molar-refractivity contribution in [1.82, 2.24) is 4.31 Å². The van der Waals surface area contributed by atoms with Crippen LogP contribution in [0.2, 0.25) is 0 Å². The van der Waals surface area contributed by atoms with Crippen molar-refractivity contribution in [3.05, 3.63) is 59.2 Å². The van der Waals surface area contributed by atoms with Crippen molar-refractivity contribution in [3.8, 4) is 0 Å². The van der Waals surface area contributed by atoms with E-state index in [-0.39, 0.29) is 10.5 Å². The highest BCUT2D eigenvalue weighted by Crippen LogP contribution is 2.27. The largest absolute Gasteiger partial charge is 0.452 e. The fourth-order valence-corrected chi connectivity index (χ4v) is 5.68. The van der Waals surface area contributed by atoms with E-state index in [2.05, 4.69) is 5.32 Å². The molecule has 172 valence electrons. The van der Waals surface area contributed by atoms with E-state index in [1.165, 1.54) is 28.6 Å². The minimum absolute atomic E-state index is 0.142. The van der Waals surface area contributed by atoms with E-state index in [0.717, 1.165) is 17.5 Å². The Morgan fingerprint density at radius 1 is 1.03 bits per heavy atom. The second-order valence-corrected chi connectivity index (χ2v) is 10.6. The molecular formula is C24H30N2O5S. The van der Waals surface area contributed by atoms with E-state index in [1.54, 1.807) is 6.07 Å². The average molecular weight is 459 g/mol. The van der Waals surface area contributed by atoms with Crippen molar-refractivity contribution in [1.29, 1.82) is 0 Å². The lowest BCUT2D eigenvalue weighted by Crippen LogP contribution is -2.42. The first-order valence-corrected chi connectivity index (χ1v) is 12.2. The Labute approximate surface area is 189 Å². The number of carbonyl (C=O) groups excluding carboxylic acids is 2. The number of hydrogen-bond acceptors (Lipinski definition) is 5. The first-order valence-electron chi connectivity index (χ1n) is 10.7. The molecule has 2 atom stereocenters. The average Bonchev–Trinajstić information content (AvgIpc) is 2.74. The summed E-state index contributed by atoms with van der Waals surface area (Å²) in [6.45, 7) is 8.49. The molecule has 1 aliphatic rings. The molecule has 0 saturated carbocycles. The molecule has 0 aromatic heterocycles. The van der Waals surface area contributed by atoms with Gasteiger partial charge in [-0.1, -0.05) is 26.0 Å². The number of piperidine rings is 1. The van der Waals surface area contributed by atoms with Gasteiger partial charge in [0.25, 0.3) is 5.91 Å². The number of carbonyl (C=O) groups is 2. The normalized spacial score (nSPS) is 19.4. The number of benzene rings is 2. The van der Waals surface area contributed by atoms with Crippen LogP contribution in [0, 0.1) is 25.7 Å². The third-order valence-electron chi connectivity index (χ3n) is 5.78. The van der Waals surface area contributed by atoms with Crippen molar-refractivity contribution in [3.63, 3.8) is 0 Å². The highest BCUT2D eigenvalue weighted by molar-refractivity contribution is 7.89. The smallest absolute Gasteiger partial charge is 0.338 e. The van der Waals surface area contributed by atoms with Crippen LogP contribution in [0.1, 0.15) is 41.8 Å². The predicted octanol–water partition coefficient (Wildman–Crippen LogP) is 3.77. The molecule has 1 aliphatic heterocycles. The van der Waals surface area contributed by atoms with Crippen LogP contribution in [0.4, 0.5) is 5.69 Å². The number of amides is 1. The Balaban J connectivity index is 1.60. The molecule has 32 heavy (non-hydrogen) atoms. The van der Waals surface area contributed by atoms with Crippen LogP contribution in [0.15, 0.2) is 47.4 Å². The summed E-state index contributed by atoms with van der Waals surface area (Å²) < 4.78 is 32.5. The number of hydrogen-bond donors (Lipinski definition) is 1. The standard InChI is InChI=1S/C24H30N2O5S/c1-16-12-17(2)14-26(13-16)32(29,30)21-10-8-20(9-11-21)24(28)31-15-23(27)25-22-7-5-6-18(3)19(22)4/h5-11,16-17H,12-15H2,1-4H3,(H,25,27)/t16-,17+. The van der Waals surface area contributed by atoms with Gasteiger partial charge in [0, 0.05) is 18.8 Å². The monoisotopic (exact) mass is 458 g/mol. The van der Waals surface area contributed by atoms with Gasteiger partial charge in [-0.05, 0) is 73.6 Å². The van der Waals surface area contributed by atoms with Crippen molar-refractivity contribution in [2.24, 2.45) is 11.8 Å². The lowest BCUT2D eigenvalue weighted by molar-refractivity contribution is -0.119. The van der Waals surface area contributed by atoms with Crippen LogP contribution < -0.4 is 5.32 Å². The summed E-state index contributed by atoms with van der Waals surface area (Å²) in [7, 11) is -3.62. The van der Waals surface area contributed by atoms with Crippen LogP contribution in [-0.2, 0) is 19.6 Å². The topological polar surface area (TPSA) is 92.8 Å². The molecule has 2 aromatic carbocycles. The zero-order valence-corrected chi connectivity index (χ0v) is 19.7. The lowest BCUT2D eigenvalue weighted by atomic mass is 9.94. The second-order valence-electron chi connectivity index (χ2n) is 8.66. The van der Waals surface area contributed by atoms with Crippen molar-refractivity contribution in [2.45, 2.75) is 39.0 Å². The minimum atomic E-state index is -3.62. The number of esters is 1.